The van der Waals surface area contributed by atoms with Crippen molar-refractivity contribution >= 4 is 29.0 Å². The van der Waals surface area contributed by atoms with Gasteiger partial charge in [0.2, 0.25) is 11.8 Å². The normalized spacial score (nSPS) is 10.1. The second-order valence-corrected chi connectivity index (χ2v) is 5.27. The van der Waals surface area contributed by atoms with Gasteiger partial charge in [-0.15, -0.1) is 0 Å². The molecular weight excluding hydrogens is 311 g/mol. The van der Waals surface area contributed by atoms with Crippen molar-refractivity contribution in [1.82, 2.24) is 0 Å². The molecule has 2 rings (SSSR count). The largest absolute Gasteiger partial charge is 0.325 e. The summed E-state index contributed by atoms with van der Waals surface area (Å²) in [7, 11) is 0. The SMILES string of the molecule is CC(=O)c1cccc(N(CC(=O)Nc2ccc(F)cc2)C(C)=O)c1. The lowest BCUT2D eigenvalue weighted by Crippen LogP contribution is -2.36. The Morgan fingerprint density at radius 1 is 1.04 bits per heavy atom. The van der Waals surface area contributed by atoms with E-state index >= 15 is 0 Å². The third kappa shape index (κ3) is 4.49. The van der Waals surface area contributed by atoms with Gasteiger partial charge in [0.1, 0.15) is 12.4 Å². The maximum absolute atomic E-state index is 12.9. The van der Waals surface area contributed by atoms with Gasteiger partial charge >= 0.3 is 0 Å². The Hall–Kier alpha value is -3.02. The fraction of sp³-hybridized carbons (Fsp3) is 0.167. The molecule has 124 valence electrons. The Bertz CT molecular complexity index is 772. The zero-order valence-corrected chi connectivity index (χ0v) is 13.4. The number of halogens is 1. The van der Waals surface area contributed by atoms with E-state index in [2.05, 4.69) is 5.32 Å². The zero-order chi connectivity index (χ0) is 17.7. The molecule has 0 fully saturated rings. The summed E-state index contributed by atoms with van der Waals surface area (Å²) in [5.74, 6) is -1.29. The Balaban J connectivity index is 2.15. The molecule has 5 nitrogen and oxygen atoms in total. The molecule has 1 N–H and O–H groups in total. The number of nitrogens with one attached hydrogen (secondary N) is 1. The summed E-state index contributed by atoms with van der Waals surface area (Å²) in [6.45, 7) is 2.55. The van der Waals surface area contributed by atoms with Crippen LogP contribution in [0, 0.1) is 5.82 Å². The van der Waals surface area contributed by atoms with Crippen LogP contribution < -0.4 is 10.2 Å². The van der Waals surface area contributed by atoms with Gasteiger partial charge < -0.3 is 10.2 Å². The molecule has 0 radical (unpaired) electrons. The maximum Gasteiger partial charge on any atom is 0.244 e. The van der Waals surface area contributed by atoms with E-state index in [0.717, 1.165) is 0 Å². The first kappa shape index (κ1) is 17.3. The molecular formula is C18H17FN2O3. The highest BCUT2D eigenvalue weighted by molar-refractivity contribution is 6.03. The molecule has 0 aliphatic rings. The molecule has 2 amide bonds. The van der Waals surface area contributed by atoms with Crippen LogP contribution in [0.25, 0.3) is 0 Å². The molecule has 0 unspecified atom stereocenters. The monoisotopic (exact) mass is 328 g/mol. The average molecular weight is 328 g/mol. The number of rotatable bonds is 5. The summed E-state index contributed by atoms with van der Waals surface area (Å²) in [4.78, 5) is 36.7. The number of nitrogens with zero attached hydrogens (tertiary/aromatic N) is 1. The number of benzene rings is 2. The van der Waals surface area contributed by atoms with Gasteiger partial charge in [-0.05, 0) is 43.3 Å². The highest BCUT2D eigenvalue weighted by Gasteiger charge is 2.17. The van der Waals surface area contributed by atoms with Crippen molar-refractivity contribution in [2.75, 3.05) is 16.8 Å². The van der Waals surface area contributed by atoms with Crippen molar-refractivity contribution < 1.29 is 18.8 Å². The molecule has 0 aliphatic carbocycles. The maximum atomic E-state index is 12.9. The molecule has 0 bridgehead atoms. The van der Waals surface area contributed by atoms with Crippen LogP contribution >= 0.6 is 0 Å². The Morgan fingerprint density at radius 2 is 1.71 bits per heavy atom. The molecule has 2 aromatic carbocycles. The fourth-order valence-corrected chi connectivity index (χ4v) is 2.15. The molecule has 6 heteroatoms. The van der Waals surface area contributed by atoms with E-state index in [0.29, 0.717) is 16.9 Å². The van der Waals surface area contributed by atoms with Gasteiger partial charge in [0, 0.05) is 23.9 Å². The summed E-state index contributed by atoms with van der Waals surface area (Å²) in [6, 6.07) is 11.8. The number of anilines is 2. The van der Waals surface area contributed by atoms with Crippen LogP contribution in [0.15, 0.2) is 48.5 Å². The summed E-state index contributed by atoms with van der Waals surface area (Å²) in [6.07, 6.45) is 0. The van der Waals surface area contributed by atoms with Crippen molar-refractivity contribution in [2.45, 2.75) is 13.8 Å². The summed E-state index contributed by atoms with van der Waals surface area (Å²) in [5, 5.41) is 2.60. The average Bonchev–Trinajstić information content (AvgIpc) is 2.54. The Labute approximate surface area is 139 Å². The first-order chi connectivity index (χ1) is 11.4. The van der Waals surface area contributed by atoms with E-state index < -0.39 is 11.7 Å². The van der Waals surface area contributed by atoms with Gasteiger partial charge in [-0.1, -0.05) is 12.1 Å². The van der Waals surface area contributed by atoms with Crippen LogP contribution in [0.1, 0.15) is 24.2 Å². The van der Waals surface area contributed by atoms with E-state index in [1.165, 1.54) is 43.0 Å². The van der Waals surface area contributed by atoms with Crippen LogP contribution in [0.5, 0.6) is 0 Å². The van der Waals surface area contributed by atoms with Crippen molar-refractivity contribution in [3.05, 3.63) is 59.9 Å². The first-order valence-electron chi connectivity index (χ1n) is 7.31. The van der Waals surface area contributed by atoms with Gasteiger partial charge in [-0.3, -0.25) is 14.4 Å². The number of hydrogen-bond acceptors (Lipinski definition) is 3. The van der Waals surface area contributed by atoms with Crippen molar-refractivity contribution in [3.63, 3.8) is 0 Å². The predicted octanol–water partition coefficient (Wildman–Crippen LogP) is 3.02. The lowest BCUT2D eigenvalue weighted by molar-refractivity contribution is -0.120. The highest BCUT2D eigenvalue weighted by atomic mass is 19.1. The second-order valence-electron chi connectivity index (χ2n) is 5.27. The van der Waals surface area contributed by atoms with Crippen LogP contribution in [0.4, 0.5) is 15.8 Å². The van der Waals surface area contributed by atoms with E-state index in [1.807, 2.05) is 0 Å². The molecule has 24 heavy (non-hydrogen) atoms. The minimum Gasteiger partial charge on any atom is -0.325 e. The summed E-state index contributed by atoms with van der Waals surface area (Å²) < 4.78 is 12.9. The lowest BCUT2D eigenvalue weighted by Gasteiger charge is -2.21. The molecule has 0 spiro atoms. The van der Waals surface area contributed by atoms with Gasteiger partial charge in [-0.2, -0.15) is 0 Å². The molecule has 0 heterocycles. The first-order valence-corrected chi connectivity index (χ1v) is 7.31. The lowest BCUT2D eigenvalue weighted by atomic mass is 10.1. The summed E-state index contributed by atoms with van der Waals surface area (Å²) in [5.41, 5.74) is 1.35. The van der Waals surface area contributed by atoms with E-state index in [-0.39, 0.29) is 18.2 Å². The zero-order valence-electron chi connectivity index (χ0n) is 13.4. The van der Waals surface area contributed by atoms with E-state index in [4.69, 9.17) is 0 Å². The van der Waals surface area contributed by atoms with Gasteiger partial charge in [0.25, 0.3) is 0 Å². The summed E-state index contributed by atoms with van der Waals surface area (Å²) >= 11 is 0. The van der Waals surface area contributed by atoms with Crippen molar-refractivity contribution in [3.8, 4) is 0 Å². The molecule has 0 saturated heterocycles. The molecule has 0 atom stereocenters. The molecule has 0 aromatic heterocycles. The van der Waals surface area contributed by atoms with Gasteiger partial charge in [0.05, 0.1) is 0 Å². The van der Waals surface area contributed by atoms with Crippen LogP contribution in [-0.2, 0) is 9.59 Å². The third-order valence-corrected chi connectivity index (χ3v) is 3.37. The molecule has 0 aliphatic heterocycles. The number of ketones is 1. The fourth-order valence-electron chi connectivity index (χ4n) is 2.15. The Kier molecular flexibility index (Phi) is 5.42. The van der Waals surface area contributed by atoms with Crippen molar-refractivity contribution in [1.29, 1.82) is 0 Å². The number of hydrogen-bond donors (Lipinski definition) is 1. The van der Waals surface area contributed by atoms with Gasteiger partial charge in [-0.25, -0.2) is 4.39 Å². The molecule has 2 aromatic rings. The van der Waals surface area contributed by atoms with Crippen molar-refractivity contribution in [2.24, 2.45) is 0 Å². The topological polar surface area (TPSA) is 66.5 Å². The number of carbonyl (C=O) groups is 3. The molecule has 0 saturated carbocycles. The number of carbonyl (C=O) groups excluding carboxylic acids is 3. The van der Waals surface area contributed by atoms with Gasteiger partial charge in [0.15, 0.2) is 5.78 Å². The number of amides is 2. The number of Topliss-reactive ketones (excluding diaryl/α,β-unsaturated/α-hetero) is 1. The smallest absolute Gasteiger partial charge is 0.244 e. The Morgan fingerprint density at radius 3 is 2.29 bits per heavy atom. The van der Waals surface area contributed by atoms with Crippen LogP contribution in [0.3, 0.4) is 0 Å². The minimum absolute atomic E-state index is 0.129. The van der Waals surface area contributed by atoms with Crippen LogP contribution in [-0.4, -0.2) is 24.1 Å². The van der Waals surface area contributed by atoms with Crippen LogP contribution in [0.2, 0.25) is 0 Å². The third-order valence-electron chi connectivity index (χ3n) is 3.37. The quantitative estimate of drug-likeness (QED) is 0.858. The second kappa shape index (κ2) is 7.50. The van der Waals surface area contributed by atoms with E-state index in [9.17, 15) is 18.8 Å². The standard InChI is InChI=1S/C18H17FN2O3/c1-12(22)14-4-3-5-17(10-14)21(13(2)23)11-18(24)20-16-8-6-15(19)7-9-16/h3-10H,11H2,1-2H3,(H,20,24). The van der Waals surface area contributed by atoms with E-state index in [1.54, 1.807) is 24.3 Å². The highest BCUT2D eigenvalue weighted by Crippen LogP contribution is 2.17. The predicted molar refractivity (Wildman–Crippen MR) is 89.5 cm³/mol. The minimum atomic E-state index is -0.426.